The zero-order valence-corrected chi connectivity index (χ0v) is 23.3. The molecule has 0 aromatic heterocycles. The van der Waals surface area contributed by atoms with Gasteiger partial charge in [-0.15, -0.1) is 0 Å². The fourth-order valence-electron chi connectivity index (χ4n) is 4.40. The van der Waals surface area contributed by atoms with Crippen molar-refractivity contribution in [1.82, 2.24) is 0 Å². The molecule has 220 valence electrons. The van der Waals surface area contributed by atoms with Crippen molar-refractivity contribution < 1.29 is 32.2 Å². The Morgan fingerprint density at radius 2 is 1.14 bits per heavy atom. The van der Waals surface area contributed by atoms with Crippen LogP contribution in [0.3, 0.4) is 0 Å². The Labute approximate surface area is 248 Å². The first kappa shape index (κ1) is 30.8. The fraction of sp³-hybridized carbons (Fsp3) is 0.143. The van der Waals surface area contributed by atoms with Gasteiger partial charge >= 0.3 is 18.1 Å². The van der Waals surface area contributed by atoms with E-state index in [4.69, 9.17) is 9.47 Å². The number of ether oxygens (including phenoxy) is 2. The van der Waals surface area contributed by atoms with Crippen LogP contribution in [0, 0.1) is 0 Å². The van der Waals surface area contributed by atoms with Crippen molar-refractivity contribution in [2.45, 2.75) is 32.2 Å². The maximum Gasteiger partial charge on any atom is 0.416 e. The Bertz CT molecular complexity index is 1580. The number of alkyl halides is 3. The molecular formula is C35H30F3NO4. The number of aryl methyl sites for hydroxylation is 2. The Hall–Kier alpha value is -5.11. The van der Waals surface area contributed by atoms with Crippen LogP contribution >= 0.6 is 0 Å². The molecule has 0 saturated carbocycles. The second-order valence-electron chi connectivity index (χ2n) is 9.66. The Kier molecular flexibility index (Phi) is 10.2. The molecule has 4 aromatic rings. The van der Waals surface area contributed by atoms with Crippen molar-refractivity contribution in [1.29, 1.82) is 0 Å². The van der Waals surface area contributed by atoms with E-state index in [1.54, 1.807) is 6.07 Å². The quantitative estimate of drug-likeness (QED) is 0.123. The molecule has 4 rings (SSSR count). The molecule has 0 amide bonds. The number of anilines is 3. The normalized spacial score (nSPS) is 11.0. The Morgan fingerprint density at radius 1 is 0.628 bits per heavy atom. The molecule has 0 aliphatic carbocycles. The summed E-state index contributed by atoms with van der Waals surface area (Å²) >= 11 is 0. The molecule has 8 heteroatoms. The van der Waals surface area contributed by atoms with Gasteiger partial charge in [0.2, 0.25) is 0 Å². The van der Waals surface area contributed by atoms with E-state index < -0.39 is 23.7 Å². The zero-order chi connectivity index (χ0) is 30.8. The molecule has 0 N–H and O–H groups in total. The lowest BCUT2D eigenvalue weighted by molar-refractivity contribution is -0.139. The molecule has 43 heavy (non-hydrogen) atoms. The first-order valence-electron chi connectivity index (χ1n) is 13.5. The molecule has 0 heterocycles. The van der Waals surface area contributed by atoms with Crippen LogP contribution in [-0.4, -0.2) is 11.9 Å². The Balaban J connectivity index is 1.58. The van der Waals surface area contributed by atoms with Gasteiger partial charge in [-0.3, -0.25) is 0 Å². The van der Waals surface area contributed by atoms with Crippen LogP contribution in [0.15, 0.2) is 122 Å². The van der Waals surface area contributed by atoms with Gasteiger partial charge in [-0.25, -0.2) is 9.59 Å². The molecule has 0 atom stereocenters. The van der Waals surface area contributed by atoms with Crippen LogP contribution in [-0.2, 0) is 51.3 Å². The SMILES string of the molecule is C=CC(=O)OCc1ccc(N(c2ccc(CCc3cccc(C(F)(F)F)c3)cc2)c2cccc(COC(=O)C=C)c2)cc1. The summed E-state index contributed by atoms with van der Waals surface area (Å²) in [5.74, 6) is -1.02. The van der Waals surface area contributed by atoms with Crippen LogP contribution in [0.1, 0.15) is 27.8 Å². The van der Waals surface area contributed by atoms with E-state index >= 15 is 0 Å². The minimum atomic E-state index is -4.38. The van der Waals surface area contributed by atoms with Crippen LogP contribution in [0.4, 0.5) is 30.2 Å². The summed E-state index contributed by atoms with van der Waals surface area (Å²) in [6.45, 7) is 7.01. The second kappa shape index (κ2) is 14.2. The molecule has 0 bridgehead atoms. The number of hydrogen-bond acceptors (Lipinski definition) is 5. The summed E-state index contributed by atoms with van der Waals surface area (Å²) in [4.78, 5) is 25.1. The van der Waals surface area contributed by atoms with Crippen molar-refractivity contribution in [2.75, 3.05) is 4.90 Å². The molecule has 0 radical (unpaired) electrons. The lowest BCUT2D eigenvalue weighted by atomic mass is 10.0. The Morgan fingerprint density at radius 3 is 1.72 bits per heavy atom. The standard InChI is InChI=1S/C35H30F3NO4/c1-3-33(40)42-23-27-15-19-31(20-16-27)39(32-10-6-8-28(22-32)24-43-34(41)4-2)30-17-13-25(14-18-30)11-12-26-7-5-9-29(21-26)35(36,37)38/h3-10,13-22H,1-2,11-12,23-24H2. The minimum Gasteiger partial charge on any atom is -0.458 e. The number of esters is 2. The lowest BCUT2D eigenvalue weighted by Gasteiger charge is -2.26. The summed E-state index contributed by atoms with van der Waals surface area (Å²) < 4.78 is 49.7. The number of rotatable bonds is 12. The van der Waals surface area contributed by atoms with E-state index in [1.807, 2.05) is 77.7 Å². The maximum atomic E-state index is 13.1. The van der Waals surface area contributed by atoms with Gasteiger partial charge in [-0.05, 0) is 77.6 Å². The summed E-state index contributed by atoms with van der Waals surface area (Å²) in [6.07, 6.45) is -1.11. The molecule has 4 aromatic carbocycles. The topological polar surface area (TPSA) is 55.8 Å². The highest BCUT2D eigenvalue weighted by atomic mass is 19.4. The van der Waals surface area contributed by atoms with E-state index in [0.29, 0.717) is 18.4 Å². The maximum absolute atomic E-state index is 13.1. The van der Waals surface area contributed by atoms with Gasteiger partial charge in [0, 0.05) is 29.2 Å². The van der Waals surface area contributed by atoms with Crippen molar-refractivity contribution in [3.63, 3.8) is 0 Å². The summed E-state index contributed by atoms with van der Waals surface area (Å²) in [5, 5.41) is 0. The third-order valence-corrected chi connectivity index (χ3v) is 6.61. The van der Waals surface area contributed by atoms with Crippen molar-refractivity contribution in [3.05, 3.63) is 150 Å². The van der Waals surface area contributed by atoms with Gasteiger partial charge in [-0.1, -0.05) is 67.8 Å². The van der Waals surface area contributed by atoms with E-state index in [0.717, 1.165) is 52.0 Å². The van der Waals surface area contributed by atoms with E-state index in [2.05, 4.69) is 13.2 Å². The van der Waals surface area contributed by atoms with Gasteiger partial charge in [0.1, 0.15) is 13.2 Å². The van der Waals surface area contributed by atoms with Gasteiger partial charge < -0.3 is 14.4 Å². The number of carbonyl (C=O) groups is 2. The predicted octanol–water partition coefficient (Wildman–Crippen LogP) is 8.42. The van der Waals surface area contributed by atoms with Crippen LogP contribution < -0.4 is 4.90 Å². The first-order chi connectivity index (χ1) is 20.7. The van der Waals surface area contributed by atoms with Crippen molar-refractivity contribution in [3.8, 4) is 0 Å². The highest BCUT2D eigenvalue weighted by molar-refractivity contribution is 5.82. The molecule has 0 aliphatic rings. The van der Waals surface area contributed by atoms with Crippen LogP contribution in [0.5, 0.6) is 0 Å². The fourth-order valence-corrected chi connectivity index (χ4v) is 4.40. The number of nitrogens with zero attached hydrogens (tertiary/aromatic N) is 1. The number of carbonyl (C=O) groups excluding carboxylic acids is 2. The molecular weight excluding hydrogens is 555 g/mol. The molecule has 0 spiro atoms. The van der Waals surface area contributed by atoms with E-state index in [1.165, 1.54) is 12.1 Å². The van der Waals surface area contributed by atoms with Gasteiger partial charge in [0.15, 0.2) is 0 Å². The lowest BCUT2D eigenvalue weighted by Crippen LogP contribution is -2.11. The molecule has 0 aliphatic heterocycles. The zero-order valence-electron chi connectivity index (χ0n) is 23.3. The predicted molar refractivity (Wildman–Crippen MR) is 160 cm³/mol. The average Bonchev–Trinajstić information content (AvgIpc) is 3.02. The number of halogens is 3. The largest absolute Gasteiger partial charge is 0.458 e. The molecule has 0 unspecified atom stereocenters. The monoisotopic (exact) mass is 585 g/mol. The summed E-state index contributed by atoms with van der Waals surface area (Å²) in [7, 11) is 0. The number of hydrogen-bond donors (Lipinski definition) is 0. The van der Waals surface area contributed by atoms with Crippen LogP contribution in [0.2, 0.25) is 0 Å². The van der Waals surface area contributed by atoms with Crippen LogP contribution in [0.25, 0.3) is 0 Å². The van der Waals surface area contributed by atoms with Gasteiger partial charge in [0.05, 0.1) is 5.56 Å². The molecule has 5 nitrogen and oxygen atoms in total. The smallest absolute Gasteiger partial charge is 0.416 e. The molecule has 0 saturated heterocycles. The van der Waals surface area contributed by atoms with Crippen molar-refractivity contribution >= 4 is 29.0 Å². The van der Waals surface area contributed by atoms with Crippen molar-refractivity contribution in [2.24, 2.45) is 0 Å². The van der Waals surface area contributed by atoms with Gasteiger partial charge in [0.25, 0.3) is 0 Å². The van der Waals surface area contributed by atoms with E-state index in [-0.39, 0.29) is 13.2 Å². The number of benzene rings is 4. The average molecular weight is 586 g/mol. The molecule has 0 fully saturated rings. The first-order valence-corrected chi connectivity index (χ1v) is 13.5. The highest BCUT2D eigenvalue weighted by Crippen LogP contribution is 2.35. The summed E-state index contributed by atoms with van der Waals surface area (Å²) in [5.41, 5.74) is 5.01. The van der Waals surface area contributed by atoms with Gasteiger partial charge in [-0.2, -0.15) is 13.2 Å². The van der Waals surface area contributed by atoms with E-state index in [9.17, 15) is 22.8 Å². The highest BCUT2D eigenvalue weighted by Gasteiger charge is 2.30. The third kappa shape index (κ3) is 8.69. The minimum absolute atomic E-state index is 0.0780. The second-order valence-corrected chi connectivity index (χ2v) is 9.66. The third-order valence-electron chi connectivity index (χ3n) is 6.61. The summed E-state index contributed by atoms with van der Waals surface area (Å²) in [6, 6.07) is 28.3.